The lowest BCUT2D eigenvalue weighted by atomic mass is 10.2. The van der Waals surface area contributed by atoms with Crippen molar-refractivity contribution in [3.63, 3.8) is 0 Å². The van der Waals surface area contributed by atoms with Gasteiger partial charge in [-0.25, -0.2) is 8.42 Å². The number of hydrogen-bond acceptors (Lipinski definition) is 5. The molecule has 0 unspecified atom stereocenters. The molecule has 0 atom stereocenters. The molecular formula is C18H19N3O3S2. The molecule has 0 aliphatic heterocycles. The SMILES string of the molecule is CN(C1CCCC1)S(=O)(=O)c1ccc(C(=O)Nc2sccc2C#N)cc1. The van der Waals surface area contributed by atoms with Crippen LogP contribution in [0.5, 0.6) is 0 Å². The molecule has 0 radical (unpaired) electrons. The molecule has 1 amide bonds. The van der Waals surface area contributed by atoms with Gasteiger partial charge >= 0.3 is 0 Å². The quantitative estimate of drug-likeness (QED) is 0.848. The van der Waals surface area contributed by atoms with Crippen LogP contribution in [-0.4, -0.2) is 31.7 Å². The topological polar surface area (TPSA) is 90.3 Å². The second-order valence-corrected chi connectivity index (χ2v) is 9.13. The number of carbonyl (C=O) groups excluding carboxylic acids is 1. The van der Waals surface area contributed by atoms with Crippen molar-refractivity contribution in [3.05, 3.63) is 46.8 Å². The van der Waals surface area contributed by atoms with Crippen LogP contribution in [0.25, 0.3) is 0 Å². The highest BCUT2D eigenvalue weighted by molar-refractivity contribution is 7.89. The molecular weight excluding hydrogens is 370 g/mol. The summed E-state index contributed by atoms with van der Waals surface area (Å²) in [4.78, 5) is 12.5. The van der Waals surface area contributed by atoms with Crippen LogP contribution in [0.4, 0.5) is 5.00 Å². The Morgan fingerprint density at radius 2 is 1.88 bits per heavy atom. The average molecular weight is 390 g/mol. The first-order valence-electron chi connectivity index (χ1n) is 8.30. The average Bonchev–Trinajstić information content (AvgIpc) is 3.32. The van der Waals surface area contributed by atoms with Crippen LogP contribution in [0.2, 0.25) is 0 Å². The van der Waals surface area contributed by atoms with Crippen molar-refractivity contribution < 1.29 is 13.2 Å². The number of thiophene rings is 1. The molecule has 26 heavy (non-hydrogen) atoms. The zero-order valence-electron chi connectivity index (χ0n) is 14.3. The van der Waals surface area contributed by atoms with Gasteiger partial charge in [-0.2, -0.15) is 9.57 Å². The number of nitriles is 1. The van der Waals surface area contributed by atoms with E-state index in [-0.39, 0.29) is 16.8 Å². The van der Waals surface area contributed by atoms with Gasteiger partial charge in [0.25, 0.3) is 5.91 Å². The van der Waals surface area contributed by atoms with Crippen molar-refractivity contribution in [3.8, 4) is 6.07 Å². The molecule has 1 aliphatic rings. The summed E-state index contributed by atoms with van der Waals surface area (Å²) < 4.78 is 26.9. The van der Waals surface area contributed by atoms with Gasteiger partial charge in [-0.3, -0.25) is 4.79 Å². The minimum Gasteiger partial charge on any atom is -0.312 e. The molecule has 1 aromatic carbocycles. The first-order chi connectivity index (χ1) is 12.4. The van der Waals surface area contributed by atoms with E-state index in [0.29, 0.717) is 16.1 Å². The summed E-state index contributed by atoms with van der Waals surface area (Å²) in [7, 11) is -1.95. The predicted molar refractivity (Wildman–Crippen MR) is 101 cm³/mol. The number of sulfonamides is 1. The molecule has 1 fully saturated rings. The van der Waals surface area contributed by atoms with E-state index in [1.54, 1.807) is 18.5 Å². The largest absolute Gasteiger partial charge is 0.312 e. The lowest BCUT2D eigenvalue weighted by Gasteiger charge is -2.23. The molecule has 3 rings (SSSR count). The van der Waals surface area contributed by atoms with Crippen molar-refractivity contribution in [2.45, 2.75) is 36.6 Å². The maximum absolute atomic E-state index is 12.7. The molecule has 2 aromatic rings. The van der Waals surface area contributed by atoms with Crippen molar-refractivity contribution in [2.24, 2.45) is 0 Å². The molecule has 0 bridgehead atoms. The van der Waals surface area contributed by atoms with E-state index in [9.17, 15) is 13.2 Å². The Balaban J connectivity index is 1.75. The Kier molecular flexibility index (Phi) is 5.41. The third kappa shape index (κ3) is 3.65. The second kappa shape index (κ2) is 7.58. The minimum absolute atomic E-state index is 0.0474. The monoisotopic (exact) mass is 389 g/mol. The maximum atomic E-state index is 12.7. The zero-order chi connectivity index (χ0) is 18.7. The summed E-state index contributed by atoms with van der Waals surface area (Å²) in [5.74, 6) is -0.378. The number of nitrogens with zero attached hydrogens (tertiary/aromatic N) is 2. The summed E-state index contributed by atoms with van der Waals surface area (Å²) in [5, 5.41) is 13.9. The Morgan fingerprint density at radius 1 is 1.23 bits per heavy atom. The Bertz CT molecular complexity index is 937. The van der Waals surface area contributed by atoms with Gasteiger partial charge in [0.05, 0.1) is 10.5 Å². The van der Waals surface area contributed by atoms with Crippen molar-refractivity contribution in [2.75, 3.05) is 12.4 Å². The van der Waals surface area contributed by atoms with Gasteiger partial charge in [0, 0.05) is 18.7 Å². The molecule has 1 aromatic heterocycles. The number of benzene rings is 1. The van der Waals surface area contributed by atoms with Crippen molar-refractivity contribution in [1.29, 1.82) is 5.26 Å². The van der Waals surface area contributed by atoms with E-state index in [0.717, 1.165) is 25.7 Å². The summed E-state index contributed by atoms with van der Waals surface area (Å²) in [6.45, 7) is 0. The Hall–Kier alpha value is -2.21. The molecule has 0 spiro atoms. The molecule has 1 heterocycles. The van der Waals surface area contributed by atoms with E-state index < -0.39 is 10.0 Å². The Labute approximate surface area is 157 Å². The summed E-state index contributed by atoms with van der Waals surface area (Å²) in [6, 6.07) is 9.58. The highest BCUT2D eigenvalue weighted by Gasteiger charge is 2.30. The molecule has 1 N–H and O–H groups in total. The van der Waals surface area contributed by atoms with Crippen LogP contribution in [-0.2, 0) is 10.0 Å². The molecule has 6 nitrogen and oxygen atoms in total. The predicted octanol–water partition coefficient (Wildman–Crippen LogP) is 3.44. The van der Waals surface area contributed by atoms with Crippen molar-refractivity contribution >= 4 is 32.3 Å². The Morgan fingerprint density at radius 3 is 2.50 bits per heavy atom. The molecule has 0 saturated heterocycles. The smallest absolute Gasteiger partial charge is 0.256 e. The minimum atomic E-state index is -3.56. The fraction of sp³-hybridized carbons (Fsp3) is 0.333. The normalized spacial score (nSPS) is 15.1. The summed E-state index contributed by atoms with van der Waals surface area (Å²) in [5.41, 5.74) is 0.741. The van der Waals surface area contributed by atoms with Crippen LogP contribution >= 0.6 is 11.3 Å². The van der Waals surface area contributed by atoms with Crippen LogP contribution in [0, 0.1) is 11.3 Å². The van der Waals surface area contributed by atoms with E-state index in [4.69, 9.17) is 5.26 Å². The number of nitrogens with one attached hydrogen (secondary N) is 1. The van der Waals surface area contributed by atoms with Gasteiger partial charge in [0.2, 0.25) is 10.0 Å². The number of hydrogen-bond donors (Lipinski definition) is 1. The summed E-state index contributed by atoms with van der Waals surface area (Å²) in [6.07, 6.45) is 3.88. The van der Waals surface area contributed by atoms with E-state index in [1.165, 1.54) is 39.9 Å². The van der Waals surface area contributed by atoms with Gasteiger partial charge in [0.1, 0.15) is 11.1 Å². The maximum Gasteiger partial charge on any atom is 0.256 e. The van der Waals surface area contributed by atoms with Gasteiger partial charge < -0.3 is 5.32 Å². The lowest BCUT2D eigenvalue weighted by molar-refractivity contribution is 0.102. The molecule has 1 saturated carbocycles. The van der Waals surface area contributed by atoms with Crippen LogP contribution in [0.1, 0.15) is 41.6 Å². The third-order valence-electron chi connectivity index (χ3n) is 4.65. The lowest BCUT2D eigenvalue weighted by Crippen LogP contribution is -2.35. The van der Waals surface area contributed by atoms with Gasteiger partial charge in [-0.1, -0.05) is 12.8 Å². The van der Waals surface area contributed by atoms with Crippen LogP contribution < -0.4 is 5.32 Å². The molecule has 136 valence electrons. The number of amides is 1. The highest BCUT2D eigenvalue weighted by Crippen LogP contribution is 2.27. The fourth-order valence-electron chi connectivity index (χ4n) is 3.08. The first-order valence-corrected chi connectivity index (χ1v) is 10.6. The first kappa shape index (κ1) is 18.6. The highest BCUT2D eigenvalue weighted by atomic mass is 32.2. The van der Waals surface area contributed by atoms with Gasteiger partial charge in [0.15, 0.2) is 0 Å². The van der Waals surface area contributed by atoms with Gasteiger partial charge in [-0.05, 0) is 48.6 Å². The van der Waals surface area contributed by atoms with Crippen LogP contribution in [0.3, 0.4) is 0 Å². The fourth-order valence-corrected chi connectivity index (χ4v) is 5.23. The molecule has 1 aliphatic carbocycles. The zero-order valence-corrected chi connectivity index (χ0v) is 15.9. The van der Waals surface area contributed by atoms with E-state index in [1.807, 2.05) is 6.07 Å². The standard InChI is InChI=1S/C18H19N3O3S2/c1-21(15-4-2-3-5-15)26(23,24)16-8-6-13(7-9-16)17(22)20-18-14(12-19)10-11-25-18/h6-11,15H,2-5H2,1H3,(H,20,22). The summed E-state index contributed by atoms with van der Waals surface area (Å²) >= 11 is 1.27. The number of anilines is 1. The van der Waals surface area contributed by atoms with Gasteiger partial charge in [-0.15, -0.1) is 11.3 Å². The second-order valence-electron chi connectivity index (χ2n) is 6.21. The van der Waals surface area contributed by atoms with Crippen LogP contribution in [0.15, 0.2) is 40.6 Å². The number of carbonyl (C=O) groups is 1. The van der Waals surface area contributed by atoms with E-state index in [2.05, 4.69) is 5.32 Å². The van der Waals surface area contributed by atoms with E-state index >= 15 is 0 Å². The molecule has 8 heteroatoms. The third-order valence-corrected chi connectivity index (χ3v) is 7.40. The number of rotatable bonds is 5. The van der Waals surface area contributed by atoms with Crippen molar-refractivity contribution in [1.82, 2.24) is 4.31 Å².